The monoisotopic (exact) mass is 395 g/mol. The summed E-state index contributed by atoms with van der Waals surface area (Å²) in [5.74, 6) is 0.851. The topological polar surface area (TPSA) is 59.0 Å². The lowest BCUT2D eigenvalue weighted by Crippen LogP contribution is -2.45. The van der Waals surface area contributed by atoms with Crippen LogP contribution in [0, 0.1) is 0 Å². The summed E-state index contributed by atoms with van der Waals surface area (Å²) in [6.07, 6.45) is 0. The van der Waals surface area contributed by atoms with Crippen LogP contribution in [-0.2, 0) is 5.72 Å². The van der Waals surface area contributed by atoms with E-state index in [1.807, 2.05) is 0 Å². The van der Waals surface area contributed by atoms with Crippen LogP contribution < -0.4 is 14.4 Å². The third kappa shape index (κ3) is 2.71. The van der Waals surface area contributed by atoms with E-state index >= 15 is 0 Å². The maximum absolute atomic E-state index is 13.3. The zero-order valence-corrected chi connectivity index (χ0v) is 16.1. The molecular formula is C22H18ClNO4. The minimum Gasteiger partial charge on any atom is -0.497 e. The van der Waals surface area contributed by atoms with Gasteiger partial charge in [0.05, 0.1) is 19.9 Å². The first-order valence-electron chi connectivity index (χ1n) is 8.64. The summed E-state index contributed by atoms with van der Waals surface area (Å²) in [7, 11) is 3.14. The number of aliphatic hydroxyl groups is 1. The maximum Gasteiger partial charge on any atom is 0.234 e. The highest BCUT2D eigenvalue weighted by atomic mass is 35.5. The van der Waals surface area contributed by atoms with E-state index in [0.717, 1.165) is 0 Å². The van der Waals surface area contributed by atoms with Crippen molar-refractivity contribution in [1.29, 1.82) is 0 Å². The van der Waals surface area contributed by atoms with E-state index < -0.39 is 11.5 Å². The number of benzene rings is 3. The van der Waals surface area contributed by atoms with Crippen LogP contribution in [-0.4, -0.2) is 25.1 Å². The predicted octanol–water partition coefficient (Wildman–Crippen LogP) is 4.54. The number of hydrogen-bond donors (Lipinski definition) is 1. The lowest BCUT2D eigenvalue weighted by atomic mass is 9.96. The number of hydrogen-bond acceptors (Lipinski definition) is 5. The molecule has 4 rings (SSSR count). The minimum absolute atomic E-state index is 0.411. The third-order valence-electron chi connectivity index (χ3n) is 4.91. The number of ketones is 1. The zero-order valence-electron chi connectivity index (χ0n) is 15.3. The number of Topliss-reactive ketones (excluding diaryl/α,β-unsaturated/α-hetero) is 1. The Morgan fingerprint density at radius 2 is 1.50 bits per heavy atom. The molecule has 28 heavy (non-hydrogen) atoms. The number of carbonyl (C=O) groups is 1. The largest absolute Gasteiger partial charge is 0.497 e. The Morgan fingerprint density at radius 1 is 0.893 bits per heavy atom. The molecule has 3 aromatic rings. The van der Waals surface area contributed by atoms with E-state index in [0.29, 0.717) is 39.0 Å². The van der Waals surface area contributed by atoms with Crippen molar-refractivity contribution in [2.45, 2.75) is 5.72 Å². The number of methoxy groups -OCH3 is 2. The van der Waals surface area contributed by atoms with Crippen molar-refractivity contribution in [2.75, 3.05) is 19.1 Å². The number of fused-ring (bicyclic) bond motifs is 1. The second kappa shape index (κ2) is 6.86. The number of anilines is 2. The van der Waals surface area contributed by atoms with Gasteiger partial charge in [0.2, 0.25) is 11.5 Å². The number of carbonyl (C=O) groups excluding carboxylic acids is 1. The van der Waals surface area contributed by atoms with Crippen molar-refractivity contribution in [3.8, 4) is 11.5 Å². The normalized spacial score (nSPS) is 18.1. The zero-order chi connectivity index (χ0) is 19.9. The Morgan fingerprint density at radius 3 is 2.11 bits per heavy atom. The van der Waals surface area contributed by atoms with Crippen molar-refractivity contribution in [1.82, 2.24) is 0 Å². The molecular weight excluding hydrogens is 378 g/mol. The molecule has 6 heteroatoms. The second-order valence-corrected chi connectivity index (χ2v) is 6.86. The van der Waals surface area contributed by atoms with E-state index in [1.54, 1.807) is 85.8 Å². The van der Waals surface area contributed by atoms with Crippen LogP contribution in [0.3, 0.4) is 0 Å². The van der Waals surface area contributed by atoms with Crippen molar-refractivity contribution in [3.63, 3.8) is 0 Å². The second-order valence-electron chi connectivity index (χ2n) is 6.42. The van der Waals surface area contributed by atoms with Crippen molar-refractivity contribution < 1.29 is 19.4 Å². The smallest absolute Gasteiger partial charge is 0.234 e. The highest BCUT2D eigenvalue weighted by Crippen LogP contribution is 2.49. The van der Waals surface area contributed by atoms with E-state index in [2.05, 4.69) is 0 Å². The van der Waals surface area contributed by atoms with Gasteiger partial charge < -0.3 is 19.5 Å². The van der Waals surface area contributed by atoms with Gasteiger partial charge in [-0.25, -0.2) is 0 Å². The van der Waals surface area contributed by atoms with Gasteiger partial charge in [0, 0.05) is 27.9 Å². The summed E-state index contributed by atoms with van der Waals surface area (Å²) in [4.78, 5) is 14.9. The van der Waals surface area contributed by atoms with Crippen LogP contribution in [0.25, 0.3) is 0 Å². The Balaban J connectivity index is 1.95. The van der Waals surface area contributed by atoms with E-state index in [9.17, 15) is 9.90 Å². The third-order valence-corrected chi connectivity index (χ3v) is 5.16. The number of rotatable bonds is 4. The molecule has 0 bridgehead atoms. The van der Waals surface area contributed by atoms with Crippen LogP contribution in [0.15, 0.2) is 66.7 Å². The molecule has 0 spiro atoms. The van der Waals surface area contributed by atoms with Crippen molar-refractivity contribution in [3.05, 3.63) is 82.9 Å². The SMILES string of the molecule is COc1ccc(N2c3cc(OC)ccc3C(=O)C2(O)c2ccc(Cl)cc2)cc1. The standard InChI is InChI=1S/C22H18ClNO4/c1-27-17-9-7-16(8-10-17)24-20-13-18(28-2)11-12-19(20)21(25)22(24,26)14-3-5-15(23)6-4-14/h3-13,26H,1-2H3. The molecule has 0 aromatic heterocycles. The average molecular weight is 396 g/mol. The van der Waals surface area contributed by atoms with Gasteiger partial charge in [-0.3, -0.25) is 4.79 Å². The molecule has 1 atom stereocenters. The van der Waals surface area contributed by atoms with Crippen LogP contribution in [0.1, 0.15) is 15.9 Å². The fourth-order valence-electron chi connectivity index (χ4n) is 3.48. The molecule has 1 unspecified atom stereocenters. The van der Waals surface area contributed by atoms with Gasteiger partial charge >= 0.3 is 0 Å². The van der Waals surface area contributed by atoms with Crippen LogP contribution in [0.2, 0.25) is 5.02 Å². The number of nitrogens with zero attached hydrogens (tertiary/aromatic N) is 1. The first kappa shape index (κ1) is 18.3. The van der Waals surface area contributed by atoms with Gasteiger partial charge in [0.25, 0.3) is 0 Å². The summed E-state index contributed by atoms with van der Waals surface area (Å²) in [5.41, 5.74) is 0.126. The highest BCUT2D eigenvalue weighted by molar-refractivity contribution is 6.30. The van der Waals surface area contributed by atoms with E-state index in [1.165, 1.54) is 0 Å². The molecule has 0 amide bonds. The van der Waals surface area contributed by atoms with Gasteiger partial charge in [-0.2, -0.15) is 0 Å². The highest BCUT2D eigenvalue weighted by Gasteiger charge is 2.52. The Hall–Kier alpha value is -3.02. The maximum atomic E-state index is 13.3. The molecule has 5 nitrogen and oxygen atoms in total. The molecule has 1 heterocycles. The Labute approximate surface area is 167 Å². The van der Waals surface area contributed by atoms with E-state index in [4.69, 9.17) is 21.1 Å². The summed E-state index contributed by atoms with van der Waals surface area (Å²) in [6.45, 7) is 0. The lowest BCUT2D eigenvalue weighted by molar-refractivity contribution is 0.0378. The van der Waals surface area contributed by atoms with Crippen molar-refractivity contribution in [2.24, 2.45) is 0 Å². The molecule has 0 aliphatic carbocycles. The number of ether oxygens (including phenoxy) is 2. The lowest BCUT2D eigenvalue weighted by Gasteiger charge is -2.34. The average Bonchev–Trinajstić information content (AvgIpc) is 2.96. The van der Waals surface area contributed by atoms with Crippen molar-refractivity contribution >= 4 is 28.8 Å². The molecule has 142 valence electrons. The molecule has 0 saturated heterocycles. The predicted molar refractivity (Wildman–Crippen MR) is 108 cm³/mol. The summed E-state index contributed by atoms with van der Waals surface area (Å²) < 4.78 is 10.6. The molecule has 0 fully saturated rings. The fraction of sp³-hybridized carbons (Fsp3) is 0.136. The number of halogens is 1. The van der Waals surface area contributed by atoms with Gasteiger partial charge in [0.1, 0.15) is 11.5 Å². The fourth-order valence-corrected chi connectivity index (χ4v) is 3.60. The summed E-state index contributed by atoms with van der Waals surface area (Å²) >= 11 is 6.01. The molecule has 1 aliphatic heterocycles. The Bertz CT molecular complexity index is 1030. The molecule has 1 aliphatic rings. The van der Waals surface area contributed by atoms with Gasteiger partial charge in [-0.15, -0.1) is 0 Å². The molecule has 3 aromatic carbocycles. The van der Waals surface area contributed by atoms with Gasteiger partial charge in [0.15, 0.2) is 0 Å². The first-order valence-corrected chi connectivity index (χ1v) is 9.02. The summed E-state index contributed by atoms with van der Waals surface area (Å²) in [6, 6.07) is 18.9. The quantitative estimate of drug-likeness (QED) is 0.703. The first-order chi connectivity index (χ1) is 13.5. The molecule has 0 radical (unpaired) electrons. The van der Waals surface area contributed by atoms with Gasteiger partial charge in [-0.05, 0) is 48.5 Å². The van der Waals surface area contributed by atoms with E-state index in [-0.39, 0.29) is 0 Å². The van der Waals surface area contributed by atoms with Gasteiger partial charge in [-0.1, -0.05) is 23.7 Å². The van der Waals surface area contributed by atoms with Crippen LogP contribution in [0.4, 0.5) is 11.4 Å². The summed E-state index contributed by atoms with van der Waals surface area (Å²) in [5, 5.41) is 12.2. The molecule has 0 saturated carbocycles. The minimum atomic E-state index is -1.91. The Kier molecular flexibility index (Phi) is 4.49. The van der Waals surface area contributed by atoms with Crippen LogP contribution in [0.5, 0.6) is 11.5 Å². The molecule has 1 N–H and O–H groups in total. The van der Waals surface area contributed by atoms with Crippen LogP contribution >= 0.6 is 11.6 Å².